The number of aromatic nitrogens is 1. The molecular formula is C25H20N4O3S2. The first-order valence-corrected chi connectivity index (χ1v) is 12.2. The van der Waals surface area contributed by atoms with Gasteiger partial charge in [0.05, 0.1) is 32.5 Å². The number of nitro benzene ring substituents is 1. The molecule has 3 aromatic carbocycles. The Hall–Kier alpha value is -3.87. The number of ether oxygens (including phenoxy) is 1. The van der Waals surface area contributed by atoms with Crippen molar-refractivity contribution >= 4 is 50.3 Å². The Morgan fingerprint density at radius 3 is 2.59 bits per heavy atom. The molecule has 0 atom stereocenters. The van der Waals surface area contributed by atoms with Gasteiger partial charge in [-0.3, -0.25) is 10.1 Å². The van der Waals surface area contributed by atoms with Crippen LogP contribution in [0.1, 0.15) is 17.5 Å². The first-order chi connectivity index (χ1) is 16.6. The third kappa shape index (κ3) is 5.36. The first kappa shape index (κ1) is 23.3. The highest BCUT2D eigenvalue weighted by Gasteiger charge is 2.17. The Morgan fingerprint density at radius 1 is 1.15 bits per heavy atom. The highest BCUT2D eigenvalue weighted by atomic mass is 32.2. The van der Waals surface area contributed by atoms with Crippen LogP contribution in [0, 0.1) is 21.4 Å². The highest BCUT2D eigenvalue weighted by molar-refractivity contribution is 8.02. The summed E-state index contributed by atoms with van der Waals surface area (Å²) in [6.07, 6.45) is 0. The van der Waals surface area contributed by atoms with Gasteiger partial charge in [-0.2, -0.15) is 5.26 Å². The third-order valence-electron chi connectivity index (χ3n) is 4.81. The normalized spacial score (nSPS) is 11.5. The van der Waals surface area contributed by atoms with Crippen molar-refractivity contribution in [1.82, 2.24) is 4.98 Å². The number of thioether (sulfide) groups is 1. The molecule has 4 aromatic rings. The number of benzene rings is 3. The lowest BCUT2D eigenvalue weighted by atomic mass is 10.2. The van der Waals surface area contributed by atoms with Crippen molar-refractivity contribution in [3.05, 3.63) is 98.5 Å². The van der Waals surface area contributed by atoms with Gasteiger partial charge in [0.2, 0.25) is 0 Å². The summed E-state index contributed by atoms with van der Waals surface area (Å²) in [5.41, 5.74) is 2.95. The number of nitrogens with one attached hydrogen (secondary N) is 1. The summed E-state index contributed by atoms with van der Waals surface area (Å²) in [5.74, 6) is 1.19. The van der Waals surface area contributed by atoms with Gasteiger partial charge in [0.1, 0.15) is 22.4 Å². The number of fused-ring (bicyclic) bond motifs is 1. The van der Waals surface area contributed by atoms with Crippen LogP contribution in [0.4, 0.5) is 11.4 Å². The lowest BCUT2D eigenvalue weighted by Crippen LogP contribution is -2.03. The van der Waals surface area contributed by atoms with Gasteiger partial charge in [-0.05, 0) is 36.8 Å². The van der Waals surface area contributed by atoms with E-state index in [9.17, 15) is 15.4 Å². The quantitative estimate of drug-likeness (QED) is 0.156. The zero-order chi connectivity index (χ0) is 23.9. The third-order valence-corrected chi connectivity index (χ3v) is 6.94. The Kier molecular flexibility index (Phi) is 7.42. The smallest absolute Gasteiger partial charge is 0.269 e. The molecule has 4 rings (SSSR count). The number of non-ortho nitro benzene ring substituents is 1. The number of thiazole rings is 1. The minimum atomic E-state index is -0.421. The standard InChI is InChI=1S/C25H20N4O3S2/c1-2-32-22-9-5-3-7-20(22)27-24(33-16-17-11-13-18(14-12-17)29(30)31)19(15-26)25-28-21-8-4-6-10-23(21)34-25/h3-14,27H,2,16H2,1H3/b24-19+. The van der Waals surface area contributed by atoms with Crippen molar-refractivity contribution in [3.63, 3.8) is 0 Å². The number of nitrogens with zero attached hydrogens (tertiary/aromatic N) is 3. The maximum absolute atomic E-state index is 11.0. The van der Waals surface area contributed by atoms with E-state index in [0.717, 1.165) is 21.5 Å². The number of hydrogen-bond donors (Lipinski definition) is 1. The van der Waals surface area contributed by atoms with Gasteiger partial charge in [0.25, 0.3) is 5.69 Å². The zero-order valence-electron chi connectivity index (χ0n) is 18.2. The molecule has 0 fully saturated rings. The molecule has 1 heterocycles. The molecule has 9 heteroatoms. The van der Waals surface area contributed by atoms with Crippen LogP contribution in [0.15, 0.2) is 77.8 Å². The Balaban J connectivity index is 1.71. The van der Waals surface area contributed by atoms with Crippen LogP contribution in [0.2, 0.25) is 0 Å². The fourth-order valence-corrected chi connectivity index (χ4v) is 5.19. The molecule has 1 N–H and O–H groups in total. The number of allylic oxidation sites excluding steroid dienone is 1. The van der Waals surface area contributed by atoms with Gasteiger partial charge in [0, 0.05) is 17.9 Å². The van der Waals surface area contributed by atoms with Crippen molar-refractivity contribution < 1.29 is 9.66 Å². The monoisotopic (exact) mass is 488 g/mol. The molecule has 170 valence electrons. The van der Waals surface area contributed by atoms with Crippen LogP contribution in [-0.2, 0) is 5.75 Å². The van der Waals surface area contributed by atoms with E-state index in [0.29, 0.717) is 33.7 Å². The average molecular weight is 489 g/mol. The summed E-state index contributed by atoms with van der Waals surface area (Å²) in [6.45, 7) is 2.43. The molecule has 0 saturated heterocycles. The van der Waals surface area contributed by atoms with Crippen LogP contribution in [0.3, 0.4) is 0 Å². The van der Waals surface area contributed by atoms with Crippen LogP contribution in [0.5, 0.6) is 5.75 Å². The van der Waals surface area contributed by atoms with E-state index in [1.165, 1.54) is 35.2 Å². The summed E-state index contributed by atoms with van der Waals surface area (Å²) in [4.78, 5) is 15.2. The number of rotatable bonds is 9. The fourth-order valence-electron chi connectivity index (χ4n) is 3.19. The van der Waals surface area contributed by atoms with Gasteiger partial charge in [0.15, 0.2) is 0 Å². The largest absolute Gasteiger partial charge is 0.492 e. The molecule has 0 amide bonds. The SMILES string of the molecule is CCOc1ccccc1N/C(SCc1ccc([N+](=O)[O-])cc1)=C(/C#N)c1nc2ccccc2s1. The molecule has 0 aliphatic rings. The summed E-state index contributed by atoms with van der Waals surface area (Å²) < 4.78 is 6.75. The van der Waals surface area contributed by atoms with E-state index in [2.05, 4.69) is 16.4 Å². The summed E-state index contributed by atoms with van der Waals surface area (Å²) in [5, 5.41) is 25.7. The average Bonchev–Trinajstić information content (AvgIpc) is 3.28. The maximum atomic E-state index is 11.0. The predicted octanol–water partition coefficient (Wildman–Crippen LogP) is 6.84. The van der Waals surface area contributed by atoms with E-state index in [1.807, 2.05) is 55.5 Å². The van der Waals surface area contributed by atoms with E-state index >= 15 is 0 Å². The van der Waals surface area contributed by atoms with Crippen molar-refractivity contribution in [1.29, 1.82) is 5.26 Å². The molecule has 7 nitrogen and oxygen atoms in total. The molecule has 0 spiro atoms. The number of nitriles is 1. The summed E-state index contributed by atoms with van der Waals surface area (Å²) in [7, 11) is 0. The van der Waals surface area contributed by atoms with Gasteiger partial charge >= 0.3 is 0 Å². The molecular weight excluding hydrogens is 468 g/mol. The number of hydrogen-bond acceptors (Lipinski definition) is 8. The van der Waals surface area contributed by atoms with E-state index in [4.69, 9.17) is 4.74 Å². The van der Waals surface area contributed by atoms with Gasteiger partial charge in [-0.15, -0.1) is 23.1 Å². The lowest BCUT2D eigenvalue weighted by Gasteiger charge is -2.16. The molecule has 34 heavy (non-hydrogen) atoms. The van der Waals surface area contributed by atoms with Crippen LogP contribution >= 0.6 is 23.1 Å². The molecule has 0 aliphatic heterocycles. The zero-order valence-corrected chi connectivity index (χ0v) is 19.9. The predicted molar refractivity (Wildman–Crippen MR) is 138 cm³/mol. The second-order valence-corrected chi connectivity index (χ2v) is 9.09. The fraction of sp³-hybridized carbons (Fsp3) is 0.120. The molecule has 0 bridgehead atoms. The lowest BCUT2D eigenvalue weighted by molar-refractivity contribution is -0.384. The van der Waals surface area contributed by atoms with Crippen molar-refractivity contribution in [2.24, 2.45) is 0 Å². The summed E-state index contributed by atoms with van der Waals surface area (Å²) >= 11 is 2.89. The number of para-hydroxylation sites is 3. The van der Waals surface area contributed by atoms with E-state index < -0.39 is 4.92 Å². The van der Waals surface area contributed by atoms with E-state index in [-0.39, 0.29) is 5.69 Å². The number of nitro groups is 1. The van der Waals surface area contributed by atoms with Crippen LogP contribution in [-0.4, -0.2) is 16.5 Å². The second-order valence-electron chi connectivity index (χ2n) is 7.07. The van der Waals surface area contributed by atoms with Gasteiger partial charge in [-0.25, -0.2) is 4.98 Å². The van der Waals surface area contributed by atoms with Crippen molar-refractivity contribution in [2.75, 3.05) is 11.9 Å². The number of anilines is 1. The molecule has 0 aliphatic carbocycles. The maximum Gasteiger partial charge on any atom is 0.269 e. The molecule has 1 aromatic heterocycles. The van der Waals surface area contributed by atoms with Crippen molar-refractivity contribution in [2.45, 2.75) is 12.7 Å². The molecule has 0 saturated carbocycles. The van der Waals surface area contributed by atoms with Crippen LogP contribution < -0.4 is 10.1 Å². The minimum Gasteiger partial charge on any atom is -0.492 e. The van der Waals surface area contributed by atoms with Crippen molar-refractivity contribution in [3.8, 4) is 11.8 Å². The Morgan fingerprint density at radius 2 is 1.88 bits per heavy atom. The molecule has 0 radical (unpaired) electrons. The first-order valence-electron chi connectivity index (χ1n) is 10.4. The Labute approximate surface area is 204 Å². The Bertz CT molecular complexity index is 1360. The summed E-state index contributed by atoms with van der Waals surface area (Å²) in [6, 6.07) is 24.1. The van der Waals surface area contributed by atoms with Gasteiger partial charge < -0.3 is 10.1 Å². The topological polar surface area (TPSA) is 101 Å². The van der Waals surface area contributed by atoms with Gasteiger partial charge in [-0.1, -0.05) is 36.4 Å². The van der Waals surface area contributed by atoms with Crippen LogP contribution in [0.25, 0.3) is 15.8 Å². The molecule has 0 unspecified atom stereocenters. The van der Waals surface area contributed by atoms with E-state index in [1.54, 1.807) is 12.1 Å². The highest BCUT2D eigenvalue weighted by Crippen LogP contribution is 2.36. The minimum absolute atomic E-state index is 0.0421. The second kappa shape index (κ2) is 10.8.